The van der Waals surface area contributed by atoms with E-state index in [9.17, 15) is 14.4 Å². The van der Waals surface area contributed by atoms with Crippen LogP contribution in [0.1, 0.15) is 41.0 Å². The molecule has 0 saturated carbocycles. The van der Waals surface area contributed by atoms with Gasteiger partial charge in [0.15, 0.2) is 0 Å². The van der Waals surface area contributed by atoms with Crippen molar-refractivity contribution in [3.8, 4) is 39.5 Å². The molecule has 0 aliphatic carbocycles. The summed E-state index contributed by atoms with van der Waals surface area (Å²) in [7, 11) is 0. The van der Waals surface area contributed by atoms with Gasteiger partial charge in [-0.15, -0.1) is 0 Å². The van der Waals surface area contributed by atoms with Gasteiger partial charge in [0.05, 0.1) is 5.41 Å². The molecule has 0 fully saturated rings. The van der Waals surface area contributed by atoms with Gasteiger partial charge in [-0.2, -0.15) is 0 Å². The first-order valence-electron chi connectivity index (χ1n) is 11.6. The molecule has 0 aromatic heterocycles. The van der Waals surface area contributed by atoms with E-state index in [1.54, 1.807) is 77.1 Å². The molecule has 0 unspecified atom stereocenters. The van der Waals surface area contributed by atoms with Crippen LogP contribution < -0.4 is 14.2 Å². The Morgan fingerprint density at radius 2 is 1.28 bits per heavy atom. The minimum Gasteiger partial charge on any atom is -0.427 e. The number of hydrogen-bond donors (Lipinski definition) is 0. The maximum atomic E-state index is 12.6. The monoisotopic (exact) mass is 486 g/mol. The Balaban J connectivity index is 1.98. The summed E-state index contributed by atoms with van der Waals surface area (Å²) < 4.78 is 16.3. The normalized spacial score (nSPS) is 10.9. The summed E-state index contributed by atoms with van der Waals surface area (Å²) in [5.41, 5.74) is 2.88. The average Bonchev–Trinajstić information content (AvgIpc) is 2.84. The molecule has 3 aromatic carbocycles. The van der Waals surface area contributed by atoms with Crippen molar-refractivity contribution in [1.82, 2.24) is 0 Å². The van der Waals surface area contributed by atoms with E-state index >= 15 is 0 Å². The molecular formula is C30H30O6. The molecule has 6 heteroatoms. The second-order valence-electron chi connectivity index (χ2n) is 9.40. The molecule has 0 aliphatic rings. The lowest BCUT2D eigenvalue weighted by Crippen LogP contribution is -2.25. The number of ether oxygens (including phenoxy) is 3. The molecule has 0 N–H and O–H groups in total. The predicted octanol–water partition coefficient (Wildman–Crippen LogP) is 6.77. The van der Waals surface area contributed by atoms with Crippen molar-refractivity contribution in [3.05, 3.63) is 78.9 Å². The molecule has 0 radical (unpaired) electrons. The molecule has 186 valence electrons. The summed E-state index contributed by atoms with van der Waals surface area (Å²) in [4.78, 5) is 36.0. The van der Waals surface area contributed by atoms with Gasteiger partial charge in [0.2, 0.25) is 0 Å². The Morgan fingerprint density at radius 1 is 0.750 bits per heavy atom. The van der Waals surface area contributed by atoms with Gasteiger partial charge in [0, 0.05) is 17.6 Å². The number of benzene rings is 3. The van der Waals surface area contributed by atoms with E-state index < -0.39 is 11.4 Å². The van der Waals surface area contributed by atoms with Crippen LogP contribution in [0.25, 0.3) is 22.3 Å². The van der Waals surface area contributed by atoms with Crippen molar-refractivity contribution in [3.63, 3.8) is 0 Å². The zero-order valence-electron chi connectivity index (χ0n) is 21.2. The van der Waals surface area contributed by atoms with E-state index in [-0.39, 0.29) is 11.9 Å². The molecule has 0 spiro atoms. The van der Waals surface area contributed by atoms with Gasteiger partial charge in [-0.25, -0.2) is 4.79 Å². The minimum absolute atomic E-state index is 0.297. The number of carbonyl (C=O) groups is 3. The average molecular weight is 487 g/mol. The van der Waals surface area contributed by atoms with E-state index in [1.807, 2.05) is 24.3 Å². The molecule has 0 bridgehead atoms. The molecule has 0 aliphatic heterocycles. The van der Waals surface area contributed by atoms with Gasteiger partial charge < -0.3 is 14.2 Å². The van der Waals surface area contributed by atoms with E-state index in [1.165, 1.54) is 0 Å². The zero-order chi connectivity index (χ0) is 26.5. The summed E-state index contributed by atoms with van der Waals surface area (Å²) in [5, 5.41) is 0. The van der Waals surface area contributed by atoms with E-state index in [0.29, 0.717) is 34.8 Å². The Bertz CT molecular complexity index is 1280. The highest BCUT2D eigenvalue weighted by Crippen LogP contribution is 2.36. The number of carbonyl (C=O) groups excluding carboxylic acids is 3. The van der Waals surface area contributed by atoms with E-state index in [2.05, 4.69) is 6.58 Å². The van der Waals surface area contributed by atoms with Gasteiger partial charge in [0.25, 0.3) is 0 Å². The van der Waals surface area contributed by atoms with E-state index in [0.717, 1.165) is 16.7 Å². The van der Waals surface area contributed by atoms with Crippen molar-refractivity contribution >= 4 is 17.9 Å². The highest BCUT2D eigenvalue weighted by molar-refractivity contribution is 5.89. The van der Waals surface area contributed by atoms with Crippen LogP contribution in [0.3, 0.4) is 0 Å². The van der Waals surface area contributed by atoms with Crippen molar-refractivity contribution < 1.29 is 28.6 Å². The quantitative estimate of drug-likeness (QED) is 0.208. The number of rotatable bonds is 7. The van der Waals surface area contributed by atoms with Gasteiger partial charge in [0.1, 0.15) is 17.2 Å². The first kappa shape index (κ1) is 26.4. The first-order chi connectivity index (χ1) is 17.0. The standard InChI is InChI=1S/C30H30O6/c1-7-27(31)34-23-13-8-20(9-14-23)22-12-17-26(36-29(33)30(4,5)6)25(18-22)21-10-15-24(16-11-21)35-28(32)19(2)3/h8-18H,2,7H2,1,3-6H3. The van der Waals surface area contributed by atoms with Crippen molar-refractivity contribution in [2.24, 2.45) is 5.41 Å². The van der Waals surface area contributed by atoms with Crippen LogP contribution in [0.15, 0.2) is 78.9 Å². The fourth-order valence-electron chi connectivity index (χ4n) is 3.09. The summed E-state index contributed by atoms with van der Waals surface area (Å²) in [6.07, 6.45) is 0.297. The van der Waals surface area contributed by atoms with Gasteiger partial charge >= 0.3 is 17.9 Å². The lowest BCUT2D eigenvalue weighted by molar-refractivity contribution is -0.143. The molecule has 0 atom stereocenters. The molecule has 3 rings (SSSR count). The smallest absolute Gasteiger partial charge is 0.338 e. The highest BCUT2D eigenvalue weighted by atomic mass is 16.5. The number of esters is 3. The molecule has 0 heterocycles. The van der Waals surface area contributed by atoms with E-state index in [4.69, 9.17) is 14.2 Å². The van der Waals surface area contributed by atoms with Crippen molar-refractivity contribution in [1.29, 1.82) is 0 Å². The Hall–Kier alpha value is -4.19. The fourth-order valence-corrected chi connectivity index (χ4v) is 3.09. The third-order valence-corrected chi connectivity index (χ3v) is 5.23. The Kier molecular flexibility index (Phi) is 8.10. The van der Waals surface area contributed by atoms with Crippen molar-refractivity contribution in [2.75, 3.05) is 0 Å². The molecule has 3 aromatic rings. The molecule has 0 saturated heterocycles. The maximum absolute atomic E-state index is 12.6. The van der Waals surface area contributed by atoms with Crippen molar-refractivity contribution in [2.45, 2.75) is 41.0 Å². The Morgan fingerprint density at radius 3 is 1.81 bits per heavy atom. The summed E-state index contributed by atoms with van der Waals surface area (Å²) in [6.45, 7) is 12.3. The van der Waals surface area contributed by atoms with Gasteiger partial charge in [-0.05, 0) is 80.8 Å². The van der Waals surface area contributed by atoms with Crippen LogP contribution in [0, 0.1) is 5.41 Å². The van der Waals surface area contributed by atoms with Gasteiger partial charge in [-0.1, -0.05) is 43.8 Å². The summed E-state index contributed by atoms with van der Waals surface area (Å²) >= 11 is 0. The summed E-state index contributed by atoms with van der Waals surface area (Å²) in [6, 6.07) is 19.7. The molecule has 0 amide bonds. The molecule has 6 nitrogen and oxygen atoms in total. The van der Waals surface area contributed by atoms with Crippen LogP contribution in [-0.2, 0) is 14.4 Å². The Labute approximate surface area is 211 Å². The lowest BCUT2D eigenvalue weighted by atomic mass is 9.96. The summed E-state index contributed by atoms with van der Waals surface area (Å²) in [5.74, 6) is 0.115. The molecular weight excluding hydrogens is 456 g/mol. The zero-order valence-corrected chi connectivity index (χ0v) is 21.2. The molecule has 36 heavy (non-hydrogen) atoms. The second kappa shape index (κ2) is 11.0. The van der Waals surface area contributed by atoms with Gasteiger partial charge in [-0.3, -0.25) is 9.59 Å². The van der Waals surface area contributed by atoms with Crippen LogP contribution in [-0.4, -0.2) is 17.9 Å². The third-order valence-electron chi connectivity index (χ3n) is 5.23. The predicted molar refractivity (Wildman–Crippen MR) is 139 cm³/mol. The van der Waals surface area contributed by atoms with Crippen LogP contribution in [0.4, 0.5) is 0 Å². The number of hydrogen-bond acceptors (Lipinski definition) is 6. The highest BCUT2D eigenvalue weighted by Gasteiger charge is 2.25. The third kappa shape index (κ3) is 6.69. The fraction of sp³-hybridized carbons (Fsp3) is 0.233. The van der Waals surface area contributed by atoms with Crippen LogP contribution in [0.2, 0.25) is 0 Å². The minimum atomic E-state index is -0.678. The lowest BCUT2D eigenvalue weighted by Gasteiger charge is -2.19. The largest absolute Gasteiger partial charge is 0.427 e. The van der Waals surface area contributed by atoms with Crippen LogP contribution in [0.5, 0.6) is 17.2 Å². The topological polar surface area (TPSA) is 78.9 Å². The SMILES string of the molecule is C=C(C)C(=O)Oc1ccc(-c2cc(-c3ccc(OC(=O)CC)cc3)ccc2OC(=O)C(C)(C)C)cc1. The maximum Gasteiger partial charge on any atom is 0.338 e. The first-order valence-corrected chi connectivity index (χ1v) is 11.6. The second-order valence-corrected chi connectivity index (χ2v) is 9.40. The van der Waals surface area contributed by atoms with Crippen LogP contribution >= 0.6 is 0 Å².